The number of nitrogens with two attached hydrogens (primary N) is 1. The predicted octanol–water partition coefficient (Wildman–Crippen LogP) is 1.22. The molecule has 6 nitrogen and oxygen atoms in total. The lowest BCUT2D eigenvalue weighted by molar-refractivity contribution is -0.116. The van der Waals surface area contributed by atoms with Crippen LogP contribution in [-0.4, -0.2) is 27.4 Å². The van der Waals surface area contributed by atoms with Gasteiger partial charge in [0.15, 0.2) is 0 Å². The quantitative estimate of drug-likeness (QED) is 0.732. The standard InChI is InChI=1S/C15H23N3O3S/c1-2-12-4-5-13(9-14(12)22(16,20)21)18-15(19)6-3-11-7-8-17-10-11/h4-5,9,11,17H,2-3,6-8,10H2,1H3,(H,18,19)(H2,16,20,21). The van der Waals surface area contributed by atoms with Crippen molar-refractivity contribution in [2.24, 2.45) is 11.1 Å². The fraction of sp³-hybridized carbons (Fsp3) is 0.533. The molecule has 0 spiro atoms. The topological polar surface area (TPSA) is 101 Å². The summed E-state index contributed by atoms with van der Waals surface area (Å²) >= 11 is 0. The second kappa shape index (κ2) is 7.21. The number of sulfonamides is 1. The molecule has 1 aromatic carbocycles. The lowest BCUT2D eigenvalue weighted by Crippen LogP contribution is -2.17. The van der Waals surface area contributed by atoms with Gasteiger partial charge >= 0.3 is 0 Å². The second-order valence-corrected chi connectivity index (χ2v) is 7.20. The largest absolute Gasteiger partial charge is 0.326 e. The number of aryl methyl sites for hydroxylation is 1. The molecule has 0 aromatic heterocycles. The molecule has 122 valence electrons. The highest BCUT2D eigenvalue weighted by Gasteiger charge is 2.17. The number of carbonyl (C=O) groups is 1. The van der Waals surface area contributed by atoms with Gasteiger partial charge in [-0.05, 0) is 56.0 Å². The minimum absolute atomic E-state index is 0.0767. The van der Waals surface area contributed by atoms with Crippen molar-refractivity contribution in [3.63, 3.8) is 0 Å². The molecule has 1 fully saturated rings. The SMILES string of the molecule is CCc1ccc(NC(=O)CCC2CCNC2)cc1S(N)(=O)=O. The first-order valence-electron chi connectivity index (χ1n) is 7.56. The molecular formula is C15H23N3O3S. The van der Waals surface area contributed by atoms with Crippen LogP contribution in [0.2, 0.25) is 0 Å². The molecule has 2 rings (SSSR count). The number of nitrogens with one attached hydrogen (secondary N) is 2. The molecule has 1 amide bonds. The highest BCUT2D eigenvalue weighted by Crippen LogP contribution is 2.21. The predicted molar refractivity (Wildman–Crippen MR) is 86.0 cm³/mol. The number of rotatable bonds is 6. The third-order valence-electron chi connectivity index (χ3n) is 3.98. The van der Waals surface area contributed by atoms with Crippen molar-refractivity contribution in [3.05, 3.63) is 23.8 Å². The van der Waals surface area contributed by atoms with Crippen molar-refractivity contribution in [3.8, 4) is 0 Å². The molecule has 0 radical (unpaired) electrons. The first-order valence-corrected chi connectivity index (χ1v) is 9.11. The van der Waals surface area contributed by atoms with Gasteiger partial charge in [0.1, 0.15) is 0 Å². The van der Waals surface area contributed by atoms with Crippen LogP contribution in [0.3, 0.4) is 0 Å². The summed E-state index contributed by atoms with van der Waals surface area (Å²) in [6, 6.07) is 4.84. The van der Waals surface area contributed by atoms with Crippen molar-refractivity contribution in [2.45, 2.75) is 37.5 Å². The zero-order valence-corrected chi connectivity index (χ0v) is 13.6. The van der Waals surface area contributed by atoms with E-state index in [4.69, 9.17) is 5.14 Å². The zero-order valence-electron chi connectivity index (χ0n) is 12.8. The van der Waals surface area contributed by atoms with E-state index in [0.29, 0.717) is 30.0 Å². The maximum absolute atomic E-state index is 12.0. The zero-order chi connectivity index (χ0) is 16.2. The maximum Gasteiger partial charge on any atom is 0.238 e. The van der Waals surface area contributed by atoms with Gasteiger partial charge in [-0.25, -0.2) is 13.6 Å². The van der Waals surface area contributed by atoms with E-state index >= 15 is 0 Å². The van der Waals surface area contributed by atoms with Crippen LogP contribution in [-0.2, 0) is 21.2 Å². The number of amides is 1. The van der Waals surface area contributed by atoms with Crippen LogP contribution in [0.4, 0.5) is 5.69 Å². The molecule has 0 aliphatic carbocycles. The van der Waals surface area contributed by atoms with Crippen LogP contribution in [0, 0.1) is 5.92 Å². The van der Waals surface area contributed by atoms with Gasteiger partial charge < -0.3 is 10.6 Å². The Bertz CT molecular complexity index is 637. The van der Waals surface area contributed by atoms with Crippen molar-refractivity contribution in [1.29, 1.82) is 0 Å². The first-order chi connectivity index (χ1) is 10.4. The van der Waals surface area contributed by atoms with E-state index < -0.39 is 10.0 Å². The Kier molecular flexibility index (Phi) is 5.55. The van der Waals surface area contributed by atoms with E-state index in [2.05, 4.69) is 10.6 Å². The van der Waals surface area contributed by atoms with Gasteiger partial charge in [-0.15, -0.1) is 0 Å². The van der Waals surface area contributed by atoms with E-state index in [1.165, 1.54) is 6.07 Å². The van der Waals surface area contributed by atoms with E-state index in [-0.39, 0.29) is 10.8 Å². The number of hydrogen-bond acceptors (Lipinski definition) is 4. The molecule has 7 heteroatoms. The van der Waals surface area contributed by atoms with Crippen LogP contribution in [0.15, 0.2) is 23.1 Å². The second-order valence-electron chi connectivity index (χ2n) is 5.67. The molecule has 22 heavy (non-hydrogen) atoms. The number of anilines is 1. The minimum atomic E-state index is -3.79. The van der Waals surface area contributed by atoms with Crippen molar-refractivity contribution in [2.75, 3.05) is 18.4 Å². The van der Waals surface area contributed by atoms with Crippen LogP contribution in [0.5, 0.6) is 0 Å². The molecule has 0 bridgehead atoms. The van der Waals surface area contributed by atoms with E-state index in [1.54, 1.807) is 12.1 Å². The molecule has 1 unspecified atom stereocenters. The summed E-state index contributed by atoms with van der Waals surface area (Å²) in [5.74, 6) is 0.449. The Morgan fingerprint density at radius 2 is 2.23 bits per heavy atom. The van der Waals surface area contributed by atoms with E-state index in [1.807, 2.05) is 6.92 Å². The third kappa shape index (κ3) is 4.53. The average molecular weight is 325 g/mol. The fourth-order valence-corrected chi connectivity index (χ4v) is 3.58. The molecule has 1 aliphatic heterocycles. The first kappa shape index (κ1) is 16.9. The molecule has 1 saturated heterocycles. The molecular weight excluding hydrogens is 302 g/mol. The van der Waals surface area contributed by atoms with Crippen molar-refractivity contribution < 1.29 is 13.2 Å². The van der Waals surface area contributed by atoms with E-state index in [9.17, 15) is 13.2 Å². The Morgan fingerprint density at radius 1 is 1.45 bits per heavy atom. The molecule has 0 saturated carbocycles. The van der Waals surface area contributed by atoms with Crippen LogP contribution >= 0.6 is 0 Å². The van der Waals surface area contributed by atoms with Crippen LogP contribution in [0.25, 0.3) is 0 Å². The Balaban J connectivity index is 2.01. The van der Waals surface area contributed by atoms with E-state index in [0.717, 1.165) is 25.9 Å². The monoisotopic (exact) mass is 325 g/mol. The summed E-state index contributed by atoms with van der Waals surface area (Å²) in [5.41, 5.74) is 1.12. The number of primary sulfonamides is 1. The Hall–Kier alpha value is -1.44. The van der Waals surface area contributed by atoms with Gasteiger partial charge in [0.25, 0.3) is 0 Å². The summed E-state index contributed by atoms with van der Waals surface area (Å²) in [4.78, 5) is 12.0. The highest BCUT2D eigenvalue weighted by molar-refractivity contribution is 7.89. The van der Waals surface area contributed by atoms with Gasteiger partial charge in [-0.1, -0.05) is 13.0 Å². The summed E-state index contributed by atoms with van der Waals surface area (Å²) in [5, 5.41) is 11.2. The summed E-state index contributed by atoms with van der Waals surface area (Å²) in [6.07, 6.45) is 2.95. The molecule has 4 N–H and O–H groups in total. The molecule has 1 aromatic rings. The lowest BCUT2D eigenvalue weighted by atomic mass is 10.0. The van der Waals surface area contributed by atoms with Crippen LogP contribution < -0.4 is 15.8 Å². The number of carbonyl (C=O) groups excluding carboxylic acids is 1. The minimum Gasteiger partial charge on any atom is -0.326 e. The summed E-state index contributed by atoms with van der Waals surface area (Å²) < 4.78 is 23.2. The van der Waals surface area contributed by atoms with Gasteiger partial charge in [0.05, 0.1) is 4.90 Å². The molecule has 1 heterocycles. The molecule has 1 aliphatic rings. The van der Waals surface area contributed by atoms with Crippen molar-refractivity contribution >= 4 is 21.6 Å². The normalized spacial score (nSPS) is 18.4. The third-order valence-corrected chi connectivity index (χ3v) is 4.97. The van der Waals surface area contributed by atoms with Gasteiger partial charge in [0, 0.05) is 12.1 Å². The highest BCUT2D eigenvalue weighted by atomic mass is 32.2. The van der Waals surface area contributed by atoms with Gasteiger partial charge in [0.2, 0.25) is 15.9 Å². The maximum atomic E-state index is 12.0. The Labute approximate surface area is 131 Å². The van der Waals surface area contributed by atoms with Gasteiger partial charge in [-0.2, -0.15) is 0 Å². The Morgan fingerprint density at radius 3 is 2.82 bits per heavy atom. The van der Waals surface area contributed by atoms with Crippen molar-refractivity contribution in [1.82, 2.24) is 5.32 Å². The number of hydrogen-bond donors (Lipinski definition) is 3. The van der Waals surface area contributed by atoms with Crippen LogP contribution in [0.1, 0.15) is 31.7 Å². The number of benzene rings is 1. The average Bonchev–Trinajstić information content (AvgIpc) is 2.97. The lowest BCUT2D eigenvalue weighted by Gasteiger charge is -2.11. The fourth-order valence-electron chi connectivity index (χ4n) is 2.71. The summed E-state index contributed by atoms with van der Waals surface area (Å²) in [7, 11) is -3.79. The molecule has 1 atom stereocenters. The van der Waals surface area contributed by atoms with Gasteiger partial charge in [-0.3, -0.25) is 4.79 Å². The smallest absolute Gasteiger partial charge is 0.238 e. The summed E-state index contributed by atoms with van der Waals surface area (Å²) in [6.45, 7) is 3.84.